The number of rotatable bonds is 2. The van der Waals surface area contributed by atoms with Gasteiger partial charge in [0.2, 0.25) is 0 Å². The molecule has 1 aromatic carbocycles. The van der Waals surface area contributed by atoms with Gasteiger partial charge in [-0.15, -0.1) is 0 Å². The Hall–Kier alpha value is -0.980. The highest BCUT2D eigenvalue weighted by Crippen LogP contribution is 2.15. The molecule has 1 aromatic rings. The summed E-state index contributed by atoms with van der Waals surface area (Å²) in [6.07, 6.45) is -4.72. The molecule has 18 heavy (non-hydrogen) atoms. The molecular weight excluding hydrogens is 234 g/mol. The van der Waals surface area contributed by atoms with E-state index in [-0.39, 0.29) is 13.1 Å². The minimum Gasteiger partial charge on any atom is -0.389 e. The van der Waals surface area contributed by atoms with Crippen LogP contribution in [0.1, 0.15) is 5.56 Å². The van der Waals surface area contributed by atoms with Crippen LogP contribution in [-0.2, 0) is 6.54 Å². The smallest absolute Gasteiger partial charge is 0.110 e. The van der Waals surface area contributed by atoms with E-state index in [4.69, 9.17) is 0 Å². The highest BCUT2D eigenvalue weighted by molar-refractivity contribution is 5.14. The molecule has 5 heteroatoms. The molecule has 1 aliphatic rings. The number of likely N-dealkylation sites (tertiary alicyclic amines) is 1. The fraction of sp³-hybridized carbons (Fsp3) is 0.538. The van der Waals surface area contributed by atoms with Crippen LogP contribution in [0.25, 0.3) is 0 Å². The van der Waals surface area contributed by atoms with Crippen molar-refractivity contribution in [2.45, 2.75) is 31.0 Å². The second-order valence-corrected chi connectivity index (χ2v) is 4.80. The average molecular weight is 253 g/mol. The van der Waals surface area contributed by atoms with Crippen molar-refractivity contribution in [3.63, 3.8) is 0 Å². The van der Waals surface area contributed by atoms with Gasteiger partial charge in [-0.1, -0.05) is 30.3 Å². The molecule has 5 nitrogen and oxygen atoms in total. The van der Waals surface area contributed by atoms with E-state index in [2.05, 4.69) is 0 Å². The zero-order chi connectivity index (χ0) is 13.1. The van der Waals surface area contributed by atoms with E-state index < -0.39 is 24.4 Å². The maximum absolute atomic E-state index is 9.73. The lowest BCUT2D eigenvalue weighted by Crippen LogP contribution is -2.43. The first-order valence-electron chi connectivity index (χ1n) is 6.06. The van der Waals surface area contributed by atoms with Crippen LogP contribution in [0.3, 0.4) is 0 Å². The molecule has 0 spiro atoms. The van der Waals surface area contributed by atoms with Crippen molar-refractivity contribution < 1.29 is 20.4 Å². The van der Waals surface area contributed by atoms with E-state index in [1.54, 1.807) is 0 Å². The van der Waals surface area contributed by atoms with Crippen LogP contribution in [0.5, 0.6) is 0 Å². The van der Waals surface area contributed by atoms with Gasteiger partial charge in [0.1, 0.15) is 12.2 Å². The highest BCUT2D eigenvalue weighted by Gasteiger charge is 2.36. The summed E-state index contributed by atoms with van der Waals surface area (Å²) in [4.78, 5) is 1.82. The Morgan fingerprint density at radius 2 is 1.39 bits per heavy atom. The van der Waals surface area contributed by atoms with Gasteiger partial charge in [-0.3, -0.25) is 4.90 Å². The van der Waals surface area contributed by atoms with Gasteiger partial charge in [-0.2, -0.15) is 0 Å². The van der Waals surface area contributed by atoms with Crippen molar-refractivity contribution in [2.75, 3.05) is 13.1 Å². The molecule has 1 heterocycles. The van der Waals surface area contributed by atoms with Gasteiger partial charge in [0, 0.05) is 19.6 Å². The second kappa shape index (κ2) is 5.77. The molecular formula is C13H19NO4. The Morgan fingerprint density at radius 3 is 1.89 bits per heavy atom. The first-order chi connectivity index (χ1) is 8.58. The van der Waals surface area contributed by atoms with Gasteiger partial charge < -0.3 is 20.4 Å². The van der Waals surface area contributed by atoms with Crippen LogP contribution < -0.4 is 0 Å². The summed E-state index contributed by atoms with van der Waals surface area (Å²) in [7, 11) is 0. The van der Waals surface area contributed by atoms with Gasteiger partial charge in [0.05, 0.1) is 12.2 Å². The third-order valence-electron chi connectivity index (χ3n) is 3.28. The molecule has 1 fully saturated rings. The molecule has 0 unspecified atom stereocenters. The molecule has 0 saturated carbocycles. The summed E-state index contributed by atoms with van der Waals surface area (Å²) in [6, 6.07) is 9.67. The Morgan fingerprint density at radius 1 is 0.889 bits per heavy atom. The second-order valence-electron chi connectivity index (χ2n) is 4.80. The number of hydrogen-bond acceptors (Lipinski definition) is 5. The van der Waals surface area contributed by atoms with E-state index in [9.17, 15) is 20.4 Å². The van der Waals surface area contributed by atoms with Crippen LogP contribution in [0.4, 0.5) is 0 Å². The largest absolute Gasteiger partial charge is 0.389 e. The quantitative estimate of drug-likeness (QED) is 0.540. The summed E-state index contributed by atoms with van der Waals surface area (Å²) in [6.45, 7) is 1.02. The topological polar surface area (TPSA) is 84.2 Å². The van der Waals surface area contributed by atoms with Crippen LogP contribution in [0.15, 0.2) is 30.3 Å². The van der Waals surface area contributed by atoms with Gasteiger partial charge >= 0.3 is 0 Å². The van der Waals surface area contributed by atoms with Crippen LogP contribution >= 0.6 is 0 Å². The predicted octanol–water partition coefficient (Wildman–Crippen LogP) is -1.05. The van der Waals surface area contributed by atoms with Crippen LogP contribution in [0, 0.1) is 0 Å². The van der Waals surface area contributed by atoms with Crippen LogP contribution in [-0.4, -0.2) is 62.8 Å². The number of β-amino-alcohol motifs (C(OH)–C–C–N with tert-alkyl or cyclic N) is 2. The fourth-order valence-corrected chi connectivity index (χ4v) is 2.25. The maximum atomic E-state index is 9.73. The molecule has 1 aliphatic heterocycles. The molecule has 4 N–H and O–H groups in total. The molecule has 2 rings (SSSR count). The van der Waals surface area contributed by atoms with Gasteiger partial charge in [-0.05, 0) is 5.56 Å². The van der Waals surface area contributed by atoms with E-state index in [0.717, 1.165) is 5.56 Å². The SMILES string of the molecule is O[C@@H]1[C@H](O)[C@@H](O)CN(Cc2ccccc2)C[C@H]1O. The molecule has 0 amide bonds. The first-order valence-corrected chi connectivity index (χ1v) is 6.06. The number of benzene rings is 1. The Bertz CT molecular complexity index is 357. The molecule has 0 aliphatic carbocycles. The number of aliphatic hydroxyl groups excluding tert-OH is 4. The number of hydrogen-bond donors (Lipinski definition) is 4. The van der Waals surface area contributed by atoms with E-state index >= 15 is 0 Å². The van der Waals surface area contributed by atoms with E-state index in [1.807, 2.05) is 35.2 Å². The lowest BCUT2D eigenvalue weighted by atomic mass is 10.1. The average Bonchev–Trinajstić information content (AvgIpc) is 2.44. The van der Waals surface area contributed by atoms with Crippen molar-refractivity contribution >= 4 is 0 Å². The molecule has 1 saturated heterocycles. The zero-order valence-electron chi connectivity index (χ0n) is 10.1. The minimum atomic E-state index is -1.30. The van der Waals surface area contributed by atoms with Gasteiger partial charge in [-0.25, -0.2) is 0 Å². The zero-order valence-corrected chi connectivity index (χ0v) is 10.1. The molecule has 0 radical (unpaired) electrons. The molecule has 0 aromatic heterocycles. The molecule has 100 valence electrons. The highest BCUT2D eigenvalue weighted by atomic mass is 16.4. The first kappa shape index (κ1) is 13.5. The Labute approximate surface area is 106 Å². The summed E-state index contributed by atoms with van der Waals surface area (Å²) in [5.41, 5.74) is 1.06. The lowest BCUT2D eigenvalue weighted by molar-refractivity contribution is -0.0894. The van der Waals surface area contributed by atoms with Crippen molar-refractivity contribution in [1.82, 2.24) is 4.90 Å². The van der Waals surface area contributed by atoms with Gasteiger partial charge in [0.15, 0.2) is 0 Å². The summed E-state index contributed by atoms with van der Waals surface area (Å²) < 4.78 is 0. The Balaban J connectivity index is 2.05. The fourth-order valence-electron chi connectivity index (χ4n) is 2.25. The molecule has 0 bridgehead atoms. The third kappa shape index (κ3) is 3.07. The van der Waals surface area contributed by atoms with Crippen molar-refractivity contribution in [3.8, 4) is 0 Å². The van der Waals surface area contributed by atoms with Crippen molar-refractivity contribution in [2.24, 2.45) is 0 Å². The lowest BCUT2D eigenvalue weighted by Gasteiger charge is -2.23. The maximum Gasteiger partial charge on any atom is 0.110 e. The normalized spacial score (nSPS) is 34.2. The van der Waals surface area contributed by atoms with E-state index in [1.165, 1.54) is 0 Å². The standard InChI is InChI=1S/C13H19NO4/c15-10-7-14(6-9-4-2-1-3-5-9)8-11(16)13(18)12(10)17/h1-5,10-13,15-18H,6-8H2/t10-,11+,12+,13-. The van der Waals surface area contributed by atoms with E-state index in [0.29, 0.717) is 6.54 Å². The monoisotopic (exact) mass is 253 g/mol. The number of nitrogens with zero attached hydrogens (tertiary/aromatic N) is 1. The minimum absolute atomic E-state index is 0.226. The summed E-state index contributed by atoms with van der Waals surface area (Å²) in [5, 5.41) is 38.7. The summed E-state index contributed by atoms with van der Waals surface area (Å²) in [5.74, 6) is 0. The van der Waals surface area contributed by atoms with Crippen molar-refractivity contribution in [1.29, 1.82) is 0 Å². The van der Waals surface area contributed by atoms with Crippen LogP contribution in [0.2, 0.25) is 0 Å². The Kier molecular flexibility index (Phi) is 4.31. The predicted molar refractivity (Wildman–Crippen MR) is 65.7 cm³/mol. The molecule has 4 atom stereocenters. The summed E-state index contributed by atoms with van der Waals surface area (Å²) >= 11 is 0. The third-order valence-corrected chi connectivity index (χ3v) is 3.28. The number of aliphatic hydroxyl groups is 4. The van der Waals surface area contributed by atoms with Gasteiger partial charge in [0.25, 0.3) is 0 Å². The van der Waals surface area contributed by atoms with Crippen molar-refractivity contribution in [3.05, 3.63) is 35.9 Å².